The molecule has 0 bridgehead atoms. The maximum Gasteiger partial charge on any atom is 0.416 e. The van der Waals surface area contributed by atoms with Crippen LogP contribution in [0.15, 0.2) is 72.8 Å². The van der Waals surface area contributed by atoms with Crippen LogP contribution in [0, 0.1) is 12.8 Å². The summed E-state index contributed by atoms with van der Waals surface area (Å²) in [6, 6.07) is 20.4. The van der Waals surface area contributed by atoms with Crippen LogP contribution in [0.3, 0.4) is 0 Å². The third kappa shape index (κ3) is 4.81. The van der Waals surface area contributed by atoms with Crippen molar-refractivity contribution >= 4 is 0 Å². The fourth-order valence-electron chi connectivity index (χ4n) is 3.97. The number of rotatable bonds is 7. The lowest BCUT2D eigenvalue weighted by molar-refractivity contribution is -0.137. The van der Waals surface area contributed by atoms with Gasteiger partial charge in [0.05, 0.1) is 16.8 Å². The summed E-state index contributed by atoms with van der Waals surface area (Å²) in [7, 11) is 0. The summed E-state index contributed by atoms with van der Waals surface area (Å²) in [6.45, 7) is 1.85. The Bertz CT molecular complexity index is 1030. The number of benzene rings is 2. The van der Waals surface area contributed by atoms with Crippen LogP contribution in [0.1, 0.15) is 40.9 Å². The van der Waals surface area contributed by atoms with Crippen molar-refractivity contribution in [3.8, 4) is 0 Å². The Labute approximate surface area is 180 Å². The van der Waals surface area contributed by atoms with Crippen LogP contribution in [0.25, 0.3) is 0 Å². The maximum absolute atomic E-state index is 13.6. The average Bonchev–Trinajstić information content (AvgIpc) is 3.59. The van der Waals surface area contributed by atoms with Gasteiger partial charge in [0.25, 0.3) is 0 Å². The molecular weight excluding hydrogens is 401 g/mol. The van der Waals surface area contributed by atoms with Crippen LogP contribution in [0.5, 0.6) is 0 Å². The Kier molecular flexibility index (Phi) is 5.86. The van der Waals surface area contributed by atoms with Gasteiger partial charge < -0.3 is 5.11 Å². The molecule has 2 N–H and O–H groups in total. The third-order valence-corrected chi connectivity index (χ3v) is 5.78. The highest BCUT2D eigenvalue weighted by Gasteiger charge is 2.42. The van der Waals surface area contributed by atoms with E-state index in [1.807, 2.05) is 55.5 Å². The van der Waals surface area contributed by atoms with Gasteiger partial charge in [0.1, 0.15) is 6.23 Å². The summed E-state index contributed by atoms with van der Waals surface area (Å²) < 4.78 is 40.7. The van der Waals surface area contributed by atoms with E-state index in [0.717, 1.165) is 30.2 Å². The lowest BCUT2D eigenvalue weighted by Crippen LogP contribution is -2.52. The molecule has 4 rings (SSSR count). The second-order valence-electron chi connectivity index (χ2n) is 8.24. The monoisotopic (exact) mass is 426 g/mol. The van der Waals surface area contributed by atoms with E-state index in [9.17, 15) is 18.3 Å². The van der Waals surface area contributed by atoms with E-state index >= 15 is 0 Å². The molecule has 3 aromatic rings. The highest BCUT2D eigenvalue weighted by molar-refractivity contribution is 5.41. The van der Waals surface area contributed by atoms with Crippen molar-refractivity contribution in [2.75, 3.05) is 0 Å². The second-order valence-corrected chi connectivity index (χ2v) is 8.24. The smallest absolute Gasteiger partial charge is 0.378 e. The molecule has 0 amide bonds. The molecule has 2 atom stereocenters. The van der Waals surface area contributed by atoms with Crippen molar-refractivity contribution in [3.63, 3.8) is 0 Å². The van der Waals surface area contributed by atoms with Gasteiger partial charge in [-0.3, -0.25) is 10.3 Å². The van der Waals surface area contributed by atoms with Crippen molar-refractivity contribution in [2.45, 2.75) is 44.1 Å². The molecule has 1 aliphatic carbocycles. The quantitative estimate of drug-likeness (QED) is 0.510. The molecule has 2 aromatic carbocycles. The normalized spacial score (nSPS) is 17.2. The first-order valence-corrected chi connectivity index (χ1v) is 10.4. The Morgan fingerprint density at radius 3 is 2.29 bits per heavy atom. The highest BCUT2D eigenvalue weighted by atomic mass is 19.4. The molecule has 0 radical (unpaired) electrons. The molecular formula is C25H25F3N2O. The number of hydrogen-bond donors (Lipinski definition) is 2. The van der Waals surface area contributed by atoms with Gasteiger partial charge in [-0.25, -0.2) is 0 Å². The topological polar surface area (TPSA) is 45.1 Å². The third-order valence-electron chi connectivity index (χ3n) is 5.78. The zero-order valence-electron chi connectivity index (χ0n) is 17.2. The summed E-state index contributed by atoms with van der Waals surface area (Å²) in [5.74, 6) is 0.0887. The van der Waals surface area contributed by atoms with E-state index < -0.39 is 23.5 Å². The first-order chi connectivity index (χ1) is 14.8. The van der Waals surface area contributed by atoms with Crippen molar-refractivity contribution in [2.24, 2.45) is 5.92 Å². The minimum Gasteiger partial charge on any atom is -0.378 e. The molecule has 2 unspecified atom stereocenters. The van der Waals surface area contributed by atoms with Gasteiger partial charge in [-0.2, -0.15) is 13.2 Å². The molecule has 0 aliphatic heterocycles. The van der Waals surface area contributed by atoms with Gasteiger partial charge in [0.15, 0.2) is 0 Å². The molecule has 31 heavy (non-hydrogen) atoms. The van der Waals surface area contributed by atoms with E-state index in [4.69, 9.17) is 0 Å². The Hall–Kier alpha value is -2.70. The average molecular weight is 426 g/mol. The van der Waals surface area contributed by atoms with Crippen LogP contribution in [0.4, 0.5) is 13.2 Å². The lowest BCUT2D eigenvalue weighted by atomic mass is 9.79. The molecule has 1 aliphatic rings. The summed E-state index contributed by atoms with van der Waals surface area (Å²) in [5, 5.41) is 14.2. The van der Waals surface area contributed by atoms with Crippen LogP contribution in [-0.4, -0.2) is 16.3 Å². The summed E-state index contributed by atoms with van der Waals surface area (Å²) in [6.07, 6.45) is -3.20. The number of halogens is 3. The van der Waals surface area contributed by atoms with Gasteiger partial charge in [-0.15, -0.1) is 0 Å². The number of nitrogens with one attached hydrogen (secondary N) is 1. The zero-order valence-corrected chi connectivity index (χ0v) is 17.2. The molecule has 1 saturated carbocycles. The molecule has 0 saturated heterocycles. The number of aromatic nitrogens is 1. The lowest BCUT2D eigenvalue weighted by Gasteiger charge is -2.38. The highest BCUT2D eigenvalue weighted by Crippen LogP contribution is 2.39. The van der Waals surface area contributed by atoms with Crippen molar-refractivity contribution in [1.82, 2.24) is 10.3 Å². The van der Waals surface area contributed by atoms with E-state index in [1.54, 1.807) is 6.07 Å². The summed E-state index contributed by atoms with van der Waals surface area (Å²) in [4.78, 5) is 4.69. The van der Waals surface area contributed by atoms with Gasteiger partial charge in [-0.05, 0) is 61.1 Å². The number of alkyl halides is 3. The standard InChI is InChI=1S/C25H25F3N2O/c1-17-7-5-12-22(29-17)24(30-23(31)19-13-14-19,16-18-8-3-2-4-9-18)20-10-6-11-21(15-20)25(26,27)28/h2-12,15,19,23,30-31H,13-14,16H2,1H3. The Balaban J connectivity index is 1.92. The molecule has 3 nitrogen and oxygen atoms in total. The number of hydrogen-bond acceptors (Lipinski definition) is 3. The van der Waals surface area contributed by atoms with E-state index in [0.29, 0.717) is 17.7 Å². The number of nitrogens with zero attached hydrogens (tertiary/aromatic N) is 1. The minimum absolute atomic E-state index is 0.0887. The van der Waals surface area contributed by atoms with Gasteiger partial charge in [0.2, 0.25) is 0 Å². The van der Waals surface area contributed by atoms with Crippen LogP contribution in [-0.2, 0) is 18.1 Å². The van der Waals surface area contributed by atoms with Gasteiger partial charge in [0, 0.05) is 12.1 Å². The fourth-order valence-corrected chi connectivity index (χ4v) is 3.97. The molecule has 1 fully saturated rings. The molecule has 1 aromatic heterocycles. The Morgan fingerprint density at radius 2 is 1.65 bits per heavy atom. The number of pyridine rings is 1. The SMILES string of the molecule is Cc1cccc(C(Cc2ccccc2)(NC(O)C2CC2)c2cccc(C(F)(F)F)c2)n1. The summed E-state index contributed by atoms with van der Waals surface area (Å²) >= 11 is 0. The van der Waals surface area contributed by atoms with E-state index in [-0.39, 0.29) is 5.92 Å². The predicted molar refractivity (Wildman–Crippen MR) is 113 cm³/mol. The Morgan fingerprint density at radius 1 is 0.968 bits per heavy atom. The van der Waals surface area contributed by atoms with Gasteiger partial charge in [-0.1, -0.05) is 48.5 Å². The largest absolute Gasteiger partial charge is 0.416 e. The fraction of sp³-hybridized carbons (Fsp3) is 0.320. The summed E-state index contributed by atoms with van der Waals surface area (Å²) in [5.41, 5.74) is 0.830. The molecule has 1 heterocycles. The van der Waals surface area contributed by atoms with Crippen LogP contribution < -0.4 is 5.32 Å². The van der Waals surface area contributed by atoms with E-state index in [2.05, 4.69) is 10.3 Å². The minimum atomic E-state index is -4.47. The van der Waals surface area contributed by atoms with E-state index in [1.165, 1.54) is 12.1 Å². The van der Waals surface area contributed by atoms with Crippen LogP contribution >= 0.6 is 0 Å². The van der Waals surface area contributed by atoms with Crippen molar-refractivity contribution in [1.29, 1.82) is 0 Å². The molecule has 6 heteroatoms. The first-order valence-electron chi connectivity index (χ1n) is 10.4. The van der Waals surface area contributed by atoms with Gasteiger partial charge >= 0.3 is 6.18 Å². The van der Waals surface area contributed by atoms with Crippen molar-refractivity contribution in [3.05, 3.63) is 101 Å². The number of aryl methyl sites for hydroxylation is 1. The van der Waals surface area contributed by atoms with Crippen molar-refractivity contribution < 1.29 is 18.3 Å². The maximum atomic E-state index is 13.6. The first kappa shape index (κ1) is 21.5. The number of aliphatic hydroxyl groups excluding tert-OH is 1. The zero-order chi connectivity index (χ0) is 22.1. The predicted octanol–water partition coefficient (Wildman–Crippen LogP) is 5.21. The number of aliphatic hydroxyl groups is 1. The molecule has 162 valence electrons. The second kappa shape index (κ2) is 8.44. The molecule has 0 spiro atoms. The van der Waals surface area contributed by atoms with Crippen LogP contribution in [0.2, 0.25) is 0 Å².